The van der Waals surface area contributed by atoms with Crippen LogP contribution in [0.1, 0.15) is 24.9 Å². The van der Waals surface area contributed by atoms with E-state index in [9.17, 15) is 9.59 Å². The summed E-state index contributed by atoms with van der Waals surface area (Å²) in [5, 5.41) is 3.64. The molecule has 0 radical (unpaired) electrons. The number of ether oxygens (including phenoxy) is 1. The van der Waals surface area contributed by atoms with Crippen molar-refractivity contribution < 1.29 is 14.3 Å². The number of fused-ring (bicyclic) bond motifs is 1. The zero-order chi connectivity index (χ0) is 21.0. The molecule has 1 aliphatic heterocycles. The molecule has 0 saturated carbocycles. The van der Waals surface area contributed by atoms with E-state index in [1.54, 1.807) is 11.8 Å². The lowest BCUT2D eigenvalue weighted by molar-refractivity contribution is -0.125. The first-order valence-electron chi connectivity index (χ1n) is 9.63. The summed E-state index contributed by atoms with van der Waals surface area (Å²) < 4.78 is 5.64. The molecule has 1 heterocycles. The van der Waals surface area contributed by atoms with Crippen molar-refractivity contribution in [2.75, 3.05) is 32.1 Å². The van der Waals surface area contributed by atoms with Gasteiger partial charge in [-0.2, -0.15) is 0 Å². The Morgan fingerprint density at radius 1 is 1.21 bits per heavy atom. The molecule has 2 aromatic carbocycles. The number of benzene rings is 2. The number of hydrogen-bond acceptors (Lipinski definition) is 4. The third-order valence-electron chi connectivity index (χ3n) is 5.02. The standard InChI is InChI=1S/C22H26ClN3O3/c1-15-22(28)26(18-10-6-7-11-20(18)29-15)13-12-21(27)24-14-19(25(2)3)16-8-4-5-9-17(16)23/h4-11,15,19H,12-14H2,1-3H3,(H,24,27). The first kappa shape index (κ1) is 21.1. The second-order valence-corrected chi connectivity index (χ2v) is 7.68. The number of nitrogens with one attached hydrogen (secondary N) is 1. The quantitative estimate of drug-likeness (QED) is 0.754. The van der Waals surface area contributed by atoms with Crippen molar-refractivity contribution in [3.8, 4) is 5.75 Å². The van der Waals surface area contributed by atoms with Gasteiger partial charge in [-0.25, -0.2) is 0 Å². The molecule has 3 rings (SSSR count). The van der Waals surface area contributed by atoms with Crippen LogP contribution in [0.2, 0.25) is 5.02 Å². The Morgan fingerprint density at radius 2 is 1.90 bits per heavy atom. The molecular weight excluding hydrogens is 390 g/mol. The van der Waals surface area contributed by atoms with Crippen molar-refractivity contribution in [2.45, 2.75) is 25.5 Å². The van der Waals surface area contributed by atoms with Crippen LogP contribution in [-0.4, -0.2) is 50.0 Å². The monoisotopic (exact) mass is 415 g/mol. The van der Waals surface area contributed by atoms with Gasteiger partial charge in [0.25, 0.3) is 5.91 Å². The topological polar surface area (TPSA) is 61.9 Å². The van der Waals surface area contributed by atoms with Crippen LogP contribution in [0.25, 0.3) is 0 Å². The fourth-order valence-corrected chi connectivity index (χ4v) is 3.68. The Bertz CT molecular complexity index is 887. The Labute approximate surface area is 176 Å². The molecule has 7 heteroatoms. The fraction of sp³-hybridized carbons (Fsp3) is 0.364. The summed E-state index contributed by atoms with van der Waals surface area (Å²) in [4.78, 5) is 28.7. The van der Waals surface area contributed by atoms with E-state index in [4.69, 9.17) is 16.3 Å². The average Bonchev–Trinajstić information content (AvgIpc) is 2.69. The Hall–Kier alpha value is -2.57. The maximum Gasteiger partial charge on any atom is 0.267 e. The molecule has 29 heavy (non-hydrogen) atoms. The molecule has 0 fully saturated rings. The van der Waals surface area contributed by atoms with Gasteiger partial charge in [0.1, 0.15) is 5.75 Å². The van der Waals surface area contributed by atoms with Gasteiger partial charge < -0.3 is 19.9 Å². The molecule has 2 unspecified atom stereocenters. The third-order valence-corrected chi connectivity index (χ3v) is 5.36. The minimum Gasteiger partial charge on any atom is -0.479 e. The number of halogens is 1. The van der Waals surface area contributed by atoms with Crippen molar-refractivity contribution in [2.24, 2.45) is 0 Å². The highest BCUT2D eigenvalue weighted by Gasteiger charge is 2.31. The smallest absolute Gasteiger partial charge is 0.267 e. The number of anilines is 1. The van der Waals surface area contributed by atoms with E-state index in [2.05, 4.69) is 5.32 Å². The number of carbonyl (C=O) groups excluding carboxylic acids is 2. The SMILES string of the molecule is CC1Oc2ccccc2N(CCC(=O)NCC(c2ccccc2Cl)N(C)C)C1=O. The van der Waals surface area contributed by atoms with Crippen molar-refractivity contribution in [1.82, 2.24) is 10.2 Å². The van der Waals surface area contributed by atoms with Crippen molar-refractivity contribution in [3.63, 3.8) is 0 Å². The van der Waals surface area contributed by atoms with Gasteiger partial charge in [-0.05, 0) is 44.8 Å². The van der Waals surface area contributed by atoms with Crippen LogP contribution in [0.4, 0.5) is 5.69 Å². The van der Waals surface area contributed by atoms with Gasteiger partial charge in [0.15, 0.2) is 6.10 Å². The number of amides is 2. The van der Waals surface area contributed by atoms with E-state index in [0.717, 1.165) is 5.56 Å². The van der Waals surface area contributed by atoms with E-state index in [-0.39, 0.29) is 24.3 Å². The summed E-state index contributed by atoms with van der Waals surface area (Å²) in [5.74, 6) is 0.401. The number of likely N-dealkylation sites (N-methyl/N-ethyl adjacent to an activating group) is 1. The van der Waals surface area contributed by atoms with Crippen LogP contribution >= 0.6 is 11.6 Å². The summed E-state index contributed by atoms with van der Waals surface area (Å²) in [6, 6.07) is 15.0. The first-order chi connectivity index (χ1) is 13.9. The Balaban J connectivity index is 1.61. The van der Waals surface area contributed by atoms with Crippen LogP contribution in [-0.2, 0) is 9.59 Å². The third kappa shape index (κ3) is 4.89. The predicted octanol–water partition coefficient (Wildman–Crippen LogP) is 3.26. The average molecular weight is 416 g/mol. The summed E-state index contributed by atoms with van der Waals surface area (Å²) in [6.45, 7) is 2.45. The molecule has 0 spiro atoms. The van der Waals surface area contributed by atoms with Gasteiger partial charge in [0.05, 0.1) is 11.7 Å². The van der Waals surface area contributed by atoms with Crippen LogP contribution in [0.15, 0.2) is 48.5 Å². The van der Waals surface area contributed by atoms with E-state index >= 15 is 0 Å². The van der Waals surface area contributed by atoms with Gasteiger partial charge >= 0.3 is 0 Å². The molecule has 0 saturated heterocycles. The second-order valence-electron chi connectivity index (χ2n) is 7.27. The minimum absolute atomic E-state index is 0.0431. The summed E-state index contributed by atoms with van der Waals surface area (Å²) >= 11 is 6.32. The molecule has 2 atom stereocenters. The van der Waals surface area contributed by atoms with Crippen molar-refractivity contribution >= 4 is 29.1 Å². The minimum atomic E-state index is -0.564. The zero-order valence-corrected chi connectivity index (χ0v) is 17.6. The van der Waals surface area contributed by atoms with Crippen molar-refractivity contribution in [1.29, 1.82) is 0 Å². The van der Waals surface area contributed by atoms with Gasteiger partial charge in [-0.1, -0.05) is 41.9 Å². The molecular formula is C22H26ClN3O3. The summed E-state index contributed by atoms with van der Waals surface area (Å²) in [7, 11) is 3.90. The molecule has 2 aromatic rings. The molecule has 2 amide bonds. The lowest BCUT2D eigenvalue weighted by Crippen LogP contribution is -2.46. The zero-order valence-electron chi connectivity index (χ0n) is 16.9. The van der Waals surface area contributed by atoms with Gasteiger partial charge in [0.2, 0.25) is 5.91 Å². The lowest BCUT2D eigenvalue weighted by Gasteiger charge is -2.33. The summed E-state index contributed by atoms with van der Waals surface area (Å²) in [6.07, 6.45) is -0.360. The number of nitrogens with zero attached hydrogens (tertiary/aromatic N) is 2. The van der Waals surface area contributed by atoms with E-state index in [0.29, 0.717) is 29.5 Å². The predicted molar refractivity (Wildman–Crippen MR) is 114 cm³/mol. The largest absolute Gasteiger partial charge is 0.479 e. The second kappa shape index (κ2) is 9.29. The van der Waals surface area contributed by atoms with Gasteiger partial charge in [-0.3, -0.25) is 9.59 Å². The number of rotatable bonds is 7. The molecule has 1 aliphatic rings. The van der Waals surface area contributed by atoms with Crippen LogP contribution in [0.5, 0.6) is 5.75 Å². The summed E-state index contributed by atoms with van der Waals surface area (Å²) in [5.41, 5.74) is 1.66. The fourth-order valence-electron chi connectivity index (χ4n) is 3.42. The highest BCUT2D eigenvalue weighted by Crippen LogP contribution is 2.33. The highest BCUT2D eigenvalue weighted by molar-refractivity contribution is 6.31. The van der Waals surface area contributed by atoms with Crippen LogP contribution in [0, 0.1) is 0 Å². The molecule has 0 bridgehead atoms. The maximum absolute atomic E-state index is 12.5. The molecule has 154 valence electrons. The molecule has 1 N–H and O–H groups in total. The molecule has 0 aromatic heterocycles. The number of hydrogen-bond donors (Lipinski definition) is 1. The molecule has 0 aliphatic carbocycles. The number of para-hydroxylation sites is 2. The first-order valence-corrected chi connectivity index (χ1v) is 10.0. The van der Waals surface area contributed by atoms with E-state index in [1.165, 1.54) is 0 Å². The maximum atomic E-state index is 12.5. The Kier molecular flexibility index (Phi) is 6.77. The Morgan fingerprint density at radius 3 is 2.62 bits per heavy atom. The highest BCUT2D eigenvalue weighted by atomic mass is 35.5. The lowest BCUT2D eigenvalue weighted by atomic mass is 10.1. The molecule has 6 nitrogen and oxygen atoms in total. The van der Waals surface area contributed by atoms with E-state index in [1.807, 2.05) is 67.5 Å². The van der Waals surface area contributed by atoms with Crippen LogP contribution in [0.3, 0.4) is 0 Å². The van der Waals surface area contributed by atoms with Gasteiger partial charge in [-0.15, -0.1) is 0 Å². The van der Waals surface area contributed by atoms with Crippen LogP contribution < -0.4 is 15.0 Å². The van der Waals surface area contributed by atoms with E-state index < -0.39 is 6.10 Å². The van der Waals surface area contributed by atoms with Gasteiger partial charge in [0, 0.05) is 24.5 Å². The normalized spacial score (nSPS) is 16.9. The number of carbonyl (C=O) groups is 2. The van der Waals surface area contributed by atoms with Crippen molar-refractivity contribution in [3.05, 3.63) is 59.1 Å².